The third kappa shape index (κ3) is 3.90. The number of allylic oxidation sites excluding steroid dienone is 1. The minimum absolute atomic E-state index is 0.0191. The molecule has 1 amide bonds. The number of rotatable bonds is 4. The number of nitrogens with zero attached hydrogens (tertiary/aromatic N) is 5. The first kappa shape index (κ1) is 21.1. The number of amides is 1. The number of aromatic nitrogens is 3. The van der Waals surface area contributed by atoms with Crippen LogP contribution in [0.2, 0.25) is 0 Å². The summed E-state index contributed by atoms with van der Waals surface area (Å²) in [6, 6.07) is 4.41. The molecular weight excluding hydrogens is 402 g/mol. The summed E-state index contributed by atoms with van der Waals surface area (Å²) in [6.07, 6.45) is 7.91. The summed E-state index contributed by atoms with van der Waals surface area (Å²) < 4.78 is 5.66. The molecule has 5 rings (SSSR count). The zero-order chi connectivity index (χ0) is 22.2. The molecule has 2 aliphatic heterocycles. The molecule has 0 bridgehead atoms. The van der Waals surface area contributed by atoms with E-state index in [-0.39, 0.29) is 23.8 Å². The Balaban J connectivity index is 1.55. The van der Waals surface area contributed by atoms with Crippen molar-refractivity contribution in [3.8, 4) is 11.4 Å². The minimum Gasteiger partial charge on any atom is -0.377 e. The number of ether oxygens (including phenoxy) is 1. The molecular formula is C25H31N5O2. The second kappa shape index (κ2) is 8.62. The van der Waals surface area contributed by atoms with Crippen LogP contribution in [-0.4, -0.2) is 64.6 Å². The van der Waals surface area contributed by atoms with Gasteiger partial charge in [-0.05, 0) is 19.4 Å². The van der Waals surface area contributed by atoms with E-state index in [1.54, 1.807) is 0 Å². The van der Waals surface area contributed by atoms with Crippen LogP contribution in [0.3, 0.4) is 0 Å². The summed E-state index contributed by atoms with van der Waals surface area (Å²) >= 11 is 0. The first-order valence-electron chi connectivity index (χ1n) is 11.7. The summed E-state index contributed by atoms with van der Waals surface area (Å²) in [5, 5.41) is 0. The third-order valence-corrected chi connectivity index (χ3v) is 6.72. The lowest BCUT2D eigenvalue weighted by Gasteiger charge is -2.34. The summed E-state index contributed by atoms with van der Waals surface area (Å²) in [7, 11) is 0. The van der Waals surface area contributed by atoms with E-state index in [0.717, 1.165) is 66.6 Å². The van der Waals surface area contributed by atoms with Crippen molar-refractivity contribution in [1.29, 1.82) is 0 Å². The SMILES string of the molecule is CC(C)C(=O)N1CC[C@@H](c2cc(N3CCOC[C@H]3C)nc(-c3ccnc4c3C=CC4)n2)C1. The predicted octanol–water partition coefficient (Wildman–Crippen LogP) is 3.30. The van der Waals surface area contributed by atoms with Crippen LogP contribution in [0.1, 0.15) is 50.1 Å². The lowest BCUT2D eigenvalue weighted by Crippen LogP contribution is -2.44. The molecule has 2 atom stereocenters. The first-order chi connectivity index (χ1) is 15.5. The van der Waals surface area contributed by atoms with Gasteiger partial charge in [0.1, 0.15) is 5.82 Å². The topological polar surface area (TPSA) is 71.5 Å². The summed E-state index contributed by atoms with van der Waals surface area (Å²) in [4.78, 5) is 31.5. The summed E-state index contributed by atoms with van der Waals surface area (Å²) in [6.45, 7) is 9.83. The zero-order valence-corrected chi connectivity index (χ0v) is 19.1. The molecule has 3 aliphatic rings. The molecule has 4 heterocycles. The van der Waals surface area contributed by atoms with Gasteiger partial charge < -0.3 is 14.5 Å². The predicted molar refractivity (Wildman–Crippen MR) is 124 cm³/mol. The van der Waals surface area contributed by atoms with Crippen LogP contribution >= 0.6 is 0 Å². The second-order valence-corrected chi connectivity index (χ2v) is 9.34. The monoisotopic (exact) mass is 433 g/mol. The number of pyridine rings is 1. The molecule has 1 aliphatic carbocycles. The summed E-state index contributed by atoms with van der Waals surface area (Å²) in [5.74, 6) is 2.16. The molecule has 0 radical (unpaired) electrons. The molecule has 0 spiro atoms. The Morgan fingerprint density at radius 1 is 1.25 bits per heavy atom. The maximum atomic E-state index is 12.6. The minimum atomic E-state index is 0.0191. The van der Waals surface area contributed by atoms with Crippen molar-refractivity contribution >= 4 is 17.8 Å². The van der Waals surface area contributed by atoms with Crippen LogP contribution in [0.4, 0.5) is 5.82 Å². The average Bonchev–Trinajstić information content (AvgIpc) is 3.48. The van der Waals surface area contributed by atoms with Crippen molar-refractivity contribution in [1.82, 2.24) is 19.9 Å². The molecule has 32 heavy (non-hydrogen) atoms. The first-order valence-corrected chi connectivity index (χ1v) is 11.7. The van der Waals surface area contributed by atoms with Crippen LogP contribution in [-0.2, 0) is 16.0 Å². The zero-order valence-electron chi connectivity index (χ0n) is 19.1. The molecule has 0 unspecified atom stereocenters. The number of fused-ring (bicyclic) bond motifs is 1. The highest BCUT2D eigenvalue weighted by atomic mass is 16.5. The Morgan fingerprint density at radius 2 is 2.12 bits per heavy atom. The molecule has 7 heteroatoms. The number of hydrogen-bond donors (Lipinski definition) is 0. The average molecular weight is 434 g/mol. The maximum absolute atomic E-state index is 12.6. The van der Waals surface area contributed by atoms with Crippen molar-refractivity contribution in [3.63, 3.8) is 0 Å². The molecule has 168 valence electrons. The third-order valence-electron chi connectivity index (χ3n) is 6.72. The second-order valence-electron chi connectivity index (χ2n) is 9.34. The van der Waals surface area contributed by atoms with Gasteiger partial charge >= 0.3 is 0 Å². The number of hydrogen-bond acceptors (Lipinski definition) is 6. The van der Waals surface area contributed by atoms with E-state index in [1.165, 1.54) is 0 Å². The van der Waals surface area contributed by atoms with Crippen LogP contribution in [0.15, 0.2) is 24.4 Å². The van der Waals surface area contributed by atoms with Crippen molar-refractivity contribution < 1.29 is 9.53 Å². The van der Waals surface area contributed by atoms with Gasteiger partial charge in [-0.25, -0.2) is 9.97 Å². The fourth-order valence-corrected chi connectivity index (χ4v) is 4.91. The van der Waals surface area contributed by atoms with Crippen molar-refractivity contribution in [3.05, 3.63) is 41.4 Å². The number of anilines is 1. The Morgan fingerprint density at radius 3 is 2.94 bits per heavy atom. The van der Waals surface area contributed by atoms with Crippen molar-refractivity contribution in [2.75, 3.05) is 37.7 Å². The van der Waals surface area contributed by atoms with Gasteiger partial charge in [-0.1, -0.05) is 26.0 Å². The van der Waals surface area contributed by atoms with E-state index in [4.69, 9.17) is 14.7 Å². The van der Waals surface area contributed by atoms with E-state index in [9.17, 15) is 4.79 Å². The standard InChI is InChI=1S/C25H31N5O2/c1-16(2)25(31)29-10-8-18(14-29)22-13-23(30-11-12-32-15-17(30)3)28-24(27-22)20-7-9-26-21-6-4-5-19(20)21/h4-5,7,9,13,16-18H,6,8,10-12,14-15H2,1-3H3/t17-,18-/m1/s1. The number of carbonyl (C=O) groups is 1. The van der Waals surface area contributed by atoms with Gasteiger partial charge in [-0.2, -0.15) is 0 Å². The molecule has 0 saturated carbocycles. The molecule has 2 fully saturated rings. The Labute approximate surface area is 189 Å². The molecule has 2 aromatic rings. The van der Waals surface area contributed by atoms with Gasteiger partial charge in [0, 0.05) is 61.3 Å². The Bertz CT molecular complexity index is 1050. The van der Waals surface area contributed by atoms with Gasteiger partial charge in [-0.3, -0.25) is 9.78 Å². The quantitative estimate of drug-likeness (QED) is 0.737. The van der Waals surface area contributed by atoms with Gasteiger partial charge in [0.15, 0.2) is 5.82 Å². The Kier molecular flexibility index (Phi) is 5.67. The fraction of sp³-hybridized carbons (Fsp3) is 0.520. The number of likely N-dealkylation sites (tertiary alicyclic amines) is 1. The van der Waals surface area contributed by atoms with E-state index in [1.807, 2.05) is 31.0 Å². The van der Waals surface area contributed by atoms with E-state index < -0.39 is 0 Å². The van der Waals surface area contributed by atoms with Gasteiger partial charge in [0.2, 0.25) is 5.91 Å². The maximum Gasteiger partial charge on any atom is 0.225 e. The molecule has 2 saturated heterocycles. The molecule has 2 aromatic heterocycles. The van der Waals surface area contributed by atoms with Crippen LogP contribution < -0.4 is 4.90 Å². The lowest BCUT2D eigenvalue weighted by molar-refractivity contribution is -0.133. The van der Waals surface area contributed by atoms with E-state index >= 15 is 0 Å². The summed E-state index contributed by atoms with van der Waals surface area (Å²) in [5.41, 5.74) is 4.25. The van der Waals surface area contributed by atoms with Crippen LogP contribution in [0.25, 0.3) is 17.5 Å². The van der Waals surface area contributed by atoms with Crippen molar-refractivity contribution in [2.24, 2.45) is 5.92 Å². The highest BCUT2D eigenvalue weighted by Gasteiger charge is 2.31. The van der Waals surface area contributed by atoms with E-state index in [0.29, 0.717) is 13.2 Å². The normalized spacial score (nSPS) is 22.6. The van der Waals surface area contributed by atoms with E-state index in [2.05, 4.69) is 35.0 Å². The van der Waals surface area contributed by atoms with Crippen molar-refractivity contribution in [2.45, 2.75) is 45.6 Å². The number of morpholine rings is 1. The Hall–Kier alpha value is -2.80. The van der Waals surface area contributed by atoms with Crippen LogP contribution in [0.5, 0.6) is 0 Å². The van der Waals surface area contributed by atoms with Gasteiger partial charge in [-0.15, -0.1) is 0 Å². The van der Waals surface area contributed by atoms with Crippen LogP contribution in [0, 0.1) is 5.92 Å². The number of carbonyl (C=O) groups excluding carboxylic acids is 1. The highest BCUT2D eigenvalue weighted by molar-refractivity contribution is 5.78. The molecule has 7 nitrogen and oxygen atoms in total. The molecule has 0 N–H and O–H groups in total. The molecule has 0 aromatic carbocycles. The lowest BCUT2D eigenvalue weighted by atomic mass is 10.0. The van der Waals surface area contributed by atoms with Gasteiger partial charge in [0.05, 0.1) is 30.6 Å². The highest BCUT2D eigenvalue weighted by Crippen LogP contribution is 2.34. The smallest absolute Gasteiger partial charge is 0.225 e. The fourth-order valence-electron chi connectivity index (χ4n) is 4.91. The largest absolute Gasteiger partial charge is 0.377 e. The van der Waals surface area contributed by atoms with Gasteiger partial charge in [0.25, 0.3) is 0 Å².